The number of hydrogen-bond donors (Lipinski definition) is 4. The smallest absolute Gasteiger partial charge is 0.330 e. The molecule has 4 N–H and O–H groups in total. The summed E-state index contributed by atoms with van der Waals surface area (Å²) in [4.78, 5) is 26.8. The molecule has 0 amide bonds. The fourth-order valence-corrected chi connectivity index (χ4v) is 12.9. The molecule has 65 heavy (non-hydrogen) atoms. The maximum atomic E-state index is 13.5. The first kappa shape index (κ1) is 51.0. The summed E-state index contributed by atoms with van der Waals surface area (Å²) in [7, 11) is 4.84. The molecule has 6 fully saturated rings. The van der Waals surface area contributed by atoms with Crippen molar-refractivity contribution >= 4 is 11.8 Å². The third-order valence-corrected chi connectivity index (χ3v) is 17.4. The Kier molecular flexibility index (Phi) is 15.0. The number of ketones is 1. The number of rotatable bonds is 13. The van der Waals surface area contributed by atoms with Crippen LogP contribution in [0.4, 0.5) is 0 Å². The summed E-state index contributed by atoms with van der Waals surface area (Å²) >= 11 is 0. The van der Waals surface area contributed by atoms with Crippen molar-refractivity contribution in [3.63, 3.8) is 0 Å². The Morgan fingerprint density at radius 1 is 0.769 bits per heavy atom. The third kappa shape index (κ3) is 8.75. The van der Waals surface area contributed by atoms with Gasteiger partial charge in [-0.1, -0.05) is 38.0 Å². The minimum Gasteiger partial charge on any atom is -0.458 e. The van der Waals surface area contributed by atoms with E-state index in [0.29, 0.717) is 38.5 Å². The molecule has 3 aliphatic heterocycles. The molecule has 0 aromatic carbocycles. The standard InChI is InChI=1S/C49H78O16/c1-25(2)26(3)19-38(51)63-37-24-36-45(8)15-14-32(20-31(45)13-16-48(36,54)49(55)18-17-47(53,30(7)50)46(37,49)9)62-39-22-34(57-11)43(28(5)60-39)65-41-23-35(58-12)44(29(6)61-41)64-40-21-33(56-10)42(52)27(4)59-40/h13,19,25,27-29,32-37,39-44,52-55H,14-18,20-24H2,1-12H3/t27-,28-,29-,32+,33-,34+,35+,36-,37-,39+,40+,41+,42-,43-,44-,45+,46-,47-,48+,49-/m1/s1. The van der Waals surface area contributed by atoms with Gasteiger partial charge in [0, 0.05) is 52.6 Å². The van der Waals surface area contributed by atoms with E-state index in [0.717, 1.165) is 11.1 Å². The lowest BCUT2D eigenvalue weighted by Gasteiger charge is -2.67. The SMILES string of the molecule is CO[C@H]1C[C@H](O[C@H]2CC[C@@]3(C)C(=CC[C@]4(O)[C@@H]3C[C@@H](OC(=O)C=C(C)C(C)C)[C@@]3(C)[C@]4(O)CC[C@@]3(O)C(C)=O)C2)O[C@H](C)[C@H]1O[C@H]1C[C@H](OC)[C@H](O[C@H]2C[C@@H](OC)[C@H](O)[C@@H](C)O2)[C@@H](C)O1. The van der Waals surface area contributed by atoms with Crippen LogP contribution in [-0.2, 0) is 57.0 Å². The Morgan fingerprint density at radius 3 is 1.85 bits per heavy atom. The number of ether oxygens (including phenoxy) is 10. The number of carbonyl (C=O) groups excluding carboxylic acids is 2. The van der Waals surface area contributed by atoms with Crippen LogP contribution in [0.15, 0.2) is 23.3 Å². The predicted molar refractivity (Wildman–Crippen MR) is 234 cm³/mol. The van der Waals surface area contributed by atoms with Gasteiger partial charge in [-0.25, -0.2) is 4.79 Å². The third-order valence-electron chi connectivity index (χ3n) is 17.4. The van der Waals surface area contributed by atoms with E-state index < -0.39 is 113 Å². The number of esters is 1. The van der Waals surface area contributed by atoms with Gasteiger partial charge in [-0.3, -0.25) is 4.79 Å². The van der Waals surface area contributed by atoms with Crippen LogP contribution >= 0.6 is 0 Å². The number of Topliss-reactive ketones (excluding diaryl/α,β-unsaturated/α-hetero) is 1. The molecule has 16 nitrogen and oxygen atoms in total. The first-order chi connectivity index (χ1) is 30.5. The second-order valence-corrected chi connectivity index (χ2v) is 21.0. The van der Waals surface area contributed by atoms with Crippen LogP contribution in [0.1, 0.15) is 127 Å². The number of methoxy groups -OCH3 is 3. The largest absolute Gasteiger partial charge is 0.458 e. The average Bonchev–Trinajstić information content (AvgIpc) is 3.48. The summed E-state index contributed by atoms with van der Waals surface area (Å²) in [5.41, 5.74) is -6.04. The highest BCUT2D eigenvalue weighted by Gasteiger charge is 2.81. The molecule has 20 atom stereocenters. The lowest BCUT2D eigenvalue weighted by molar-refractivity contribution is -0.338. The van der Waals surface area contributed by atoms with Crippen LogP contribution in [-0.4, -0.2) is 156 Å². The zero-order valence-electron chi connectivity index (χ0n) is 40.7. The van der Waals surface area contributed by atoms with Crippen molar-refractivity contribution in [3.05, 3.63) is 23.3 Å². The average molecular weight is 923 g/mol. The molecule has 3 saturated heterocycles. The molecule has 370 valence electrons. The maximum absolute atomic E-state index is 13.5. The number of aliphatic hydroxyl groups excluding tert-OH is 1. The van der Waals surface area contributed by atoms with Crippen LogP contribution in [0.3, 0.4) is 0 Å². The van der Waals surface area contributed by atoms with Gasteiger partial charge in [-0.05, 0) is 97.8 Å². The van der Waals surface area contributed by atoms with E-state index in [4.69, 9.17) is 47.4 Å². The van der Waals surface area contributed by atoms with Crippen molar-refractivity contribution in [2.45, 2.75) is 229 Å². The Morgan fingerprint density at radius 2 is 1.31 bits per heavy atom. The maximum Gasteiger partial charge on any atom is 0.330 e. The summed E-state index contributed by atoms with van der Waals surface area (Å²) in [5.74, 6) is -1.59. The Hall–Kier alpha value is -1.90. The monoisotopic (exact) mass is 923 g/mol. The van der Waals surface area contributed by atoms with Crippen molar-refractivity contribution in [1.82, 2.24) is 0 Å². The van der Waals surface area contributed by atoms with Gasteiger partial charge in [0.2, 0.25) is 0 Å². The van der Waals surface area contributed by atoms with Crippen LogP contribution < -0.4 is 0 Å². The van der Waals surface area contributed by atoms with Gasteiger partial charge >= 0.3 is 5.97 Å². The molecular weight excluding hydrogens is 845 g/mol. The normalized spacial score (nSPS) is 49.1. The van der Waals surface area contributed by atoms with Crippen LogP contribution in [0.2, 0.25) is 0 Å². The number of allylic oxidation sites excluding steroid dienone is 1. The van der Waals surface area contributed by atoms with E-state index in [-0.39, 0.29) is 49.9 Å². The second-order valence-electron chi connectivity index (χ2n) is 21.0. The quantitative estimate of drug-likeness (QED) is 0.113. The molecule has 0 unspecified atom stereocenters. The molecule has 0 aromatic heterocycles. The zero-order chi connectivity index (χ0) is 47.6. The van der Waals surface area contributed by atoms with Gasteiger partial charge in [0.05, 0.1) is 48.1 Å². The zero-order valence-corrected chi connectivity index (χ0v) is 40.7. The molecule has 3 heterocycles. The Labute approximate surface area is 384 Å². The van der Waals surface area contributed by atoms with Crippen molar-refractivity contribution < 1.29 is 77.4 Å². The summed E-state index contributed by atoms with van der Waals surface area (Å²) in [5, 5.41) is 48.3. The number of aliphatic hydroxyl groups is 4. The molecule has 7 aliphatic rings. The topological polar surface area (TPSA) is 207 Å². The first-order valence-electron chi connectivity index (χ1n) is 24.0. The van der Waals surface area contributed by atoms with Gasteiger partial charge in [0.1, 0.15) is 41.2 Å². The van der Waals surface area contributed by atoms with Gasteiger partial charge in [0.15, 0.2) is 24.7 Å². The lowest BCUT2D eigenvalue weighted by Crippen LogP contribution is -2.78. The van der Waals surface area contributed by atoms with E-state index in [9.17, 15) is 30.0 Å². The van der Waals surface area contributed by atoms with E-state index in [2.05, 4.69) is 6.92 Å². The number of fused-ring (bicyclic) bond motifs is 5. The van der Waals surface area contributed by atoms with Crippen molar-refractivity contribution in [3.8, 4) is 0 Å². The molecule has 0 spiro atoms. The van der Waals surface area contributed by atoms with Gasteiger partial charge in [-0.2, -0.15) is 0 Å². The Bertz CT molecular complexity index is 1790. The Balaban J connectivity index is 1.01. The molecule has 3 saturated carbocycles. The van der Waals surface area contributed by atoms with E-state index in [1.54, 1.807) is 35.2 Å². The highest BCUT2D eigenvalue weighted by atomic mass is 16.7. The minimum atomic E-state index is -2.02. The highest BCUT2D eigenvalue weighted by Crippen LogP contribution is 2.71. The van der Waals surface area contributed by atoms with Gasteiger partial charge < -0.3 is 67.8 Å². The van der Waals surface area contributed by atoms with Gasteiger partial charge in [-0.15, -0.1) is 0 Å². The van der Waals surface area contributed by atoms with Crippen LogP contribution in [0, 0.1) is 22.7 Å². The summed E-state index contributed by atoms with van der Waals surface area (Å²) in [6.45, 7) is 16.4. The summed E-state index contributed by atoms with van der Waals surface area (Å²) in [6.07, 6.45) is -0.620. The van der Waals surface area contributed by atoms with E-state index in [1.807, 2.05) is 40.7 Å². The molecule has 0 aromatic rings. The highest BCUT2D eigenvalue weighted by molar-refractivity contribution is 5.87. The van der Waals surface area contributed by atoms with E-state index in [1.165, 1.54) is 13.0 Å². The van der Waals surface area contributed by atoms with Crippen LogP contribution in [0.25, 0.3) is 0 Å². The summed E-state index contributed by atoms with van der Waals surface area (Å²) in [6, 6.07) is 0. The van der Waals surface area contributed by atoms with Crippen molar-refractivity contribution in [2.24, 2.45) is 22.7 Å². The fourth-order valence-electron chi connectivity index (χ4n) is 12.9. The molecular formula is C49H78O16. The molecule has 4 aliphatic carbocycles. The molecule has 16 heteroatoms. The van der Waals surface area contributed by atoms with Crippen molar-refractivity contribution in [2.75, 3.05) is 21.3 Å². The minimum absolute atomic E-state index is 0.0276. The van der Waals surface area contributed by atoms with Crippen LogP contribution in [0.5, 0.6) is 0 Å². The molecule has 0 bridgehead atoms. The lowest BCUT2D eigenvalue weighted by atomic mass is 9.42. The van der Waals surface area contributed by atoms with E-state index >= 15 is 0 Å². The molecule has 7 rings (SSSR count). The number of carbonyl (C=O) groups is 2. The second kappa shape index (κ2) is 19.1. The number of hydrogen-bond acceptors (Lipinski definition) is 16. The summed E-state index contributed by atoms with van der Waals surface area (Å²) < 4.78 is 62.1. The molecule has 0 radical (unpaired) electrons. The first-order valence-corrected chi connectivity index (χ1v) is 24.0. The van der Waals surface area contributed by atoms with Gasteiger partial charge in [0.25, 0.3) is 0 Å². The predicted octanol–water partition coefficient (Wildman–Crippen LogP) is 4.59. The fraction of sp³-hybridized carbons (Fsp3) is 0.878. The van der Waals surface area contributed by atoms with Crippen molar-refractivity contribution in [1.29, 1.82) is 0 Å².